The van der Waals surface area contributed by atoms with Crippen LogP contribution in [0.5, 0.6) is 0 Å². The quantitative estimate of drug-likeness (QED) is 0.505. The normalized spacial score (nSPS) is 19.0. The number of hydrogen-bond donors (Lipinski definition) is 1. The van der Waals surface area contributed by atoms with Gasteiger partial charge in [-0.3, -0.25) is 0 Å². The zero-order valence-corrected chi connectivity index (χ0v) is 15.6. The van der Waals surface area contributed by atoms with Crippen molar-refractivity contribution in [3.8, 4) is 0 Å². The van der Waals surface area contributed by atoms with Gasteiger partial charge in [0.15, 0.2) is 0 Å². The van der Waals surface area contributed by atoms with E-state index in [1.165, 1.54) is 21.5 Å². The molecule has 0 spiro atoms. The van der Waals surface area contributed by atoms with Crippen LogP contribution in [0.2, 0.25) is 0 Å². The van der Waals surface area contributed by atoms with Crippen molar-refractivity contribution < 1.29 is 9.31 Å². The molecule has 0 bridgehead atoms. The number of fused-ring (bicyclic) bond motifs is 4. The average Bonchev–Trinajstić information content (AvgIpc) is 3.05. The molecule has 0 radical (unpaired) electrons. The zero-order valence-electron chi connectivity index (χ0n) is 15.6. The molecule has 3 nitrogen and oxygen atoms in total. The summed E-state index contributed by atoms with van der Waals surface area (Å²) in [6.07, 6.45) is 0. The first-order chi connectivity index (χ1) is 12.4. The van der Waals surface area contributed by atoms with Gasteiger partial charge in [-0.1, -0.05) is 36.4 Å². The van der Waals surface area contributed by atoms with Crippen LogP contribution in [0.1, 0.15) is 27.7 Å². The molecule has 4 aromatic rings. The molecule has 1 fully saturated rings. The van der Waals surface area contributed by atoms with Crippen LogP contribution in [-0.4, -0.2) is 23.3 Å². The fraction of sp³-hybridized carbons (Fsp3) is 0.273. The number of aromatic nitrogens is 1. The Morgan fingerprint density at radius 2 is 1.46 bits per heavy atom. The molecule has 1 aromatic heterocycles. The molecule has 2 heterocycles. The molecule has 0 amide bonds. The third-order valence-corrected chi connectivity index (χ3v) is 6.05. The van der Waals surface area contributed by atoms with Crippen molar-refractivity contribution in [3.05, 3.63) is 54.6 Å². The van der Waals surface area contributed by atoms with Crippen LogP contribution in [0.4, 0.5) is 0 Å². The van der Waals surface area contributed by atoms with Crippen LogP contribution in [-0.2, 0) is 9.31 Å². The number of nitrogens with one attached hydrogen (secondary N) is 1. The fourth-order valence-corrected chi connectivity index (χ4v) is 3.82. The summed E-state index contributed by atoms with van der Waals surface area (Å²) >= 11 is 0. The van der Waals surface area contributed by atoms with Crippen molar-refractivity contribution >= 4 is 45.2 Å². The average molecular weight is 343 g/mol. The SMILES string of the molecule is CC1(C)OB(c2cccc3cc4[nH]c5ccccc5c4cc23)OC1(C)C. The lowest BCUT2D eigenvalue weighted by Crippen LogP contribution is -2.41. The highest BCUT2D eigenvalue weighted by Gasteiger charge is 2.52. The Labute approximate surface area is 153 Å². The second-order valence-electron chi connectivity index (χ2n) is 8.23. The number of hydrogen-bond acceptors (Lipinski definition) is 2. The lowest BCUT2D eigenvalue weighted by molar-refractivity contribution is 0.00578. The molecule has 1 aliphatic heterocycles. The van der Waals surface area contributed by atoms with Crippen molar-refractivity contribution in [3.63, 3.8) is 0 Å². The zero-order chi connectivity index (χ0) is 18.1. The largest absolute Gasteiger partial charge is 0.495 e. The van der Waals surface area contributed by atoms with Gasteiger partial charge >= 0.3 is 7.12 Å². The second-order valence-corrected chi connectivity index (χ2v) is 8.23. The van der Waals surface area contributed by atoms with E-state index in [2.05, 4.69) is 87.3 Å². The van der Waals surface area contributed by atoms with Gasteiger partial charge in [0.2, 0.25) is 0 Å². The van der Waals surface area contributed by atoms with E-state index in [4.69, 9.17) is 9.31 Å². The summed E-state index contributed by atoms with van der Waals surface area (Å²) in [6.45, 7) is 8.37. The van der Waals surface area contributed by atoms with Gasteiger partial charge in [0.1, 0.15) is 0 Å². The molecule has 130 valence electrons. The highest BCUT2D eigenvalue weighted by Crippen LogP contribution is 2.37. The summed E-state index contributed by atoms with van der Waals surface area (Å²) in [6, 6.07) is 19.3. The molecule has 1 saturated heterocycles. The minimum Gasteiger partial charge on any atom is -0.399 e. The summed E-state index contributed by atoms with van der Waals surface area (Å²) in [5.41, 5.74) is 2.73. The van der Waals surface area contributed by atoms with Crippen molar-refractivity contribution in [2.75, 3.05) is 0 Å². The first-order valence-corrected chi connectivity index (χ1v) is 9.14. The highest BCUT2D eigenvalue weighted by molar-refractivity contribution is 6.65. The van der Waals surface area contributed by atoms with Crippen LogP contribution < -0.4 is 5.46 Å². The van der Waals surface area contributed by atoms with Crippen LogP contribution in [0.15, 0.2) is 54.6 Å². The van der Waals surface area contributed by atoms with Gasteiger partial charge in [0.05, 0.1) is 11.2 Å². The molecule has 0 aliphatic carbocycles. The standard InChI is InChI=1S/C22H22BNO2/c1-21(2)22(3,4)26-23(25-21)18-10-7-8-14-12-20-17(13-16(14)18)15-9-5-6-11-19(15)24-20/h5-13,24H,1-4H3. The van der Waals surface area contributed by atoms with Gasteiger partial charge in [0.25, 0.3) is 0 Å². The highest BCUT2D eigenvalue weighted by atomic mass is 16.7. The van der Waals surface area contributed by atoms with Crippen LogP contribution in [0.25, 0.3) is 32.6 Å². The van der Waals surface area contributed by atoms with Crippen LogP contribution in [0, 0.1) is 0 Å². The van der Waals surface area contributed by atoms with Crippen molar-refractivity contribution in [1.29, 1.82) is 0 Å². The van der Waals surface area contributed by atoms with Gasteiger partial charge in [-0.05, 0) is 62.1 Å². The number of H-pyrrole nitrogens is 1. The summed E-state index contributed by atoms with van der Waals surface area (Å²) in [7, 11) is -0.355. The molecule has 5 rings (SSSR count). The van der Waals surface area contributed by atoms with E-state index in [9.17, 15) is 0 Å². The van der Waals surface area contributed by atoms with E-state index in [1.54, 1.807) is 0 Å². The van der Waals surface area contributed by atoms with E-state index in [0.717, 1.165) is 16.5 Å². The number of rotatable bonds is 1. The maximum atomic E-state index is 6.31. The summed E-state index contributed by atoms with van der Waals surface area (Å²) in [5, 5.41) is 4.85. The Balaban J connectivity index is 1.75. The predicted molar refractivity (Wildman–Crippen MR) is 109 cm³/mol. The van der Waals surface area contributed by atoms with Crippen LogP contribution >= 0.6 is 0 Å². The predicted octanol–water partition coefficient (Wildman–Crippen LogP) is 4.77. The smallest absolute Gasteiger partial charge is 0.399 e. The molecule has 4 heteroatoms. The Hall–Kier alpha value is -2.30. The molecular formula is C22H22BNO2. The third-order valence-electron chi connectivity index (χ3n) is 6.05. The van der Waals surface area contributed by atoms with Gasteiger partial charge in [-0.2, -0.15) is 0 Å². The van der Waals surface area contributed by atoms with E-state index in [0.29, 0.717) is 0 Å². The maximum Gasteiger partial charge on any atom is 0.495 e. The van der Waals surface area contributed by atoms with Gasteiger partial charge in [0, 0.05) is 21.8 Å². The first kappa shape index (κ1) is 15.9. The Morgan fingerprint density at radius 1 is 0.731 bits per heavy atom. The monoisotopic (exact) mass is 343 g/mol. The first-order valence-electron chi connectivity index (χ1n) is 9.14. The van der Waals surface area contributed by atoms with Crippen molar-refractivity contribution in [2.45, 2.75) is 38.9 Å². The topological polar surface area (TPSA) is 34.2 Å². The van der Waals surface area contributed by atoms with Gasteiger partial charge < -0.3 is 14.3 Å². The van der Waals surface area contributed by atoms with Crippen molar-refractivity contribution in [1.82, 2.24) is 4.98 Å². The van der Waals surface area contributed by atoms with Crippen LogP contribution in [0.3, 0.4) is 0 Å². The van der Waals surface area contributed by atoms with Gasteiger partial charge in [-0.25, -0.2) is 0 Å². The van der Waals surface area contributed by atoms with E-state index < -0.39 is 0 Å². The summed E-state index contributed by atoms with van der Waals surface area (Å²) < 4.78 is 12.6. The molecule has 0 unspecified atom stereocenters. The fourth-order valence-electron chi connectivity index (χ4n) is 3.82. The molecule has 26 heavy (non-hydrogen) atoms. The Bertz CT molecular complexity index is 1140. The van der Waals surface area contributed by atoms with Crippen molar-refractivity contribution in [2.24, 2.45) is 0 Å². The summed E-state index contributed by atoms with van der Waals surface area (Å²) in [5.74, 6) is 0. The minimum atomic E-state index is -0.355. The van der Waals surface area contributed by atoms with Gasteiger partial charge in [-0.15, -0.1) is 0 Å². The number of para-hydroxylation sites is 1. The summed E-state index contributed by atoms with van der Waals surface area (Å²) in [4.78, 5) is 3.52. The lowest BCUT2D eigenvalue weighted by atomic mass is 9.76. The molecule has 1 N–H and O–H groups in total. The van der Waals surface area contributed by atoms with E-state index >= 15 is 0 Å². The number of aromatic amines is 1. The number of benzene rings is 3. The second kappa shape index (κ2) is 5.12. The Kier molecular flexibility index (Phi) is 3.14. The van der Waals surface area contributed by atoms with E-state index in [-0.39, 0.29) is 18.3 Å². The minimum absolute atomic E-state index is 0.343. The molecule has 0 atom stereocenters. The lowest BCUT2D eigenvalue weighted by Gasteiger charge is -2.32. The molecule has 3 aromatic carbocycles. The third kappa shape index (κ3) is 2.16. The Morgan fingerprint density at radius 3 is 2.23 bits per heavy atom. The molecular weight excluding hydrogens is 321 g/mol. The maximum absolute atomic E-state index is 6.31. The molecule has 0 saturated carbocycles. The van der Waals surface area contributed by atoms with E-state index in [1.807, 2.05) is 0 Å². The molecule has 1 aliphatic rings.